The highest BCUT2D eigenvalue weighted by Gasteiger charge is 2.13. The number of rotatable bonds is 2. The summed E-state index contributed by atoms with van der Waals surface area (Å²) in [6, 6.07) is 7.44. The van der Waals surface area contributed by atoms with Gasteiger partial charge in [-0.25, -0.2) is 9.67 Å². The minimum absolute atomic E-state index is 0.637. The van der Waals surface area contributed by atoms with E-state index >= 15 is 0 Å². The number of hydrogen-bond donors (Lipinski definition) is 0. The Hall–Kier alpha value is -1.66. The standard InChI is InChI=1S/C12H10ClN5S/c1-7-10-11(15-16-12(14-10)19-2)18(17-7)9-5-3-4-8(13)6-9/h3-6H,1-2H3. The Morgan fingerprint density at radius 3 is 2.84 bits per heavy atom. The molecule has 0 amide bonds. The first-order chi connectivity index (χ1) is 9.19. The van der Waals surface area contributed by atoms with Gasteiger partial charge in [-0.05, 0) is 31.4 Å². The molecule has 0 aliphatic rings. The van der Waals surface area contributed by atoms with Crippen molar-refractivity contribution < 1.29 is 0 Å². The zero-order valence-electron chi connectivity index (χ0n) is 10.3. The molecule has 2 heterocycles. The van der Waals surface area contributed by atoms with Crippen molar-refractivity contribution in [3.05, 3.63) is 35.0 Å². The smallest absolute Gasteiger partial charge is 0.209 e. The van der Waals surface area contributed by atoms with E-state index < -0.39 is 0 Å². The van der Waals surface area contributed by atoms with Crippen LogP contribution in [0.3, 0.4) is 0 Å². The normalized spacial score (nSPS) is 11.1. The van der Waals surface area contributed by atoms with E-state index in [0.717, 1.165) is 16.9 Å². The summed E-state index contributed by atoms with van der Waals surface area (Å²) >= 11 is 7.46. The van der Waals surface area contributed by atoms with Gasteiger partial charge in [0.2, 0.25) is 10.8 Å². The monoisotopic (exact) mass is 291 g/mol. The predicted molar refractivity (Wildman–Crippen MR) is 76.0 cm³/mol. The number of fused-ring (bicyclic) bond motifs is 1. The number of thioether (sulfide) groups is 1. The third-order valence-corrected chi connectivity index (χ3v) is 3.45. The van der Waals surface area contributed by atoms with E-state index in [1.807, 2.05) is 37.4 Å². The quantitative estimate of drug-likeness (QED) is 0.680. The molecule has 3 aromatic rings. The predicted octanol–water partition coefficient (Wildman–Crippen LogP) is 2.89. The first kappa shape index (κ1) is 12.4. The lowest BCUT2D eigenvalue weighted by Gasteiger charge is -2.02. The van der Waals surface area contributed by atoms with Gasteiger partial charge in [0, 0.05) is 5.02 Å². The summed E-state index contributed by atoms with van der Waals surface area (Å²) in [5.41, 5.74) is 3.07. The second kappa shape index (κ2) is 4.79. The Morgan fingerprint density at radius 1 is 1.26 bits per heavy atom. The molecule has 0 aliphatic heterocycles. The molecule has 0 fully saturated rings. The van der Waals surface area contributed by atoms with E-state index in [9.17, 15) is 0 Å². The lowest BCUT2D eigenvalue weighted by molar-refractivity contribution is 0.833. The summed E-state index contributed by atoms with van der Waals surface area (Å²) in [6.07, 6.45) is 1.92. The van der Waals surface area contributed by atoms with Crippen LogP contribution >= 0.6 is 23.4 Å². The van der Waals surface area contributed by atoms with Crippen LogP contribution in [0.25, 0.3) is 16.9 Å². The maximum absolute atomic E-state index is 6.00. The van der Waals surface area contributed by atoms with Crippen molar-refractivity contribution in [2.75, 3.05) is 6.26 Å². The van der Waals surface area contributed by atoms with Gasteiger partial charge in [-0.1, -0.05) is 29.4 Å². The SMILES string of the molecule is CSc1nnc2c(n1)c(C)nn2-c1cccc(Cl)c1. The molecule has 7 heteroatoms. The van der Waals surface area contributed by atoms with E-state index in [1.165, 1.54) is 11.8 Å². The molecule has 5 nitrogen and oxygen atoms in total. The van der Waals surface area contributed by atoms with Crippen molar-refractivity contribution in [3.63, 3.8) is 0 Å². The Morgan fingerprint density at radius 2 is 2.11 bits per heavy atom. The molecule has 1 aromatic carbocycles. The van der Waals surface area contributed by atoms with Crippen molar-refractivity contribution >= 4 is 34.5 Å². The maximum Gasteiger partial charge on any atom is 0.209 e. The van der Waals surface area contributed by atoms with Crippen LogP contribution in [0.5, 0.6) is 0 Å². The van der Waals surface area contributed by atoms with Crippen molar-refractivity contribution in [1.82, 2.24) is 25.0 Å². The Balaban J connectivity index is 2.25. The summed E-state index contributed by atoms with van der Waals surface area (Å²) < 4.78 is 1.71. The zero-order valence-corrected chi connectivity index (χ0v) is 11.9. The molecule has 0 unspecified atom stereocenters. The van der Waals surface area contributed by atoms with Crippen LogP contribution in [0.4, 0.5) is 0 Å². The second-order valence-electron chi connectivity index (χ2n) is 3.95. The highest BCUT2D eigenvalue weighted by molar-refractivity contribution is 7.98. The van der Waals surface area contributed by atoms with E-state index in [2.05, 4.69) is 20.3 Å². The number of nitrogens with zero attached hydrogens (tertiary/aromatic N) is 5. The van der Waals surface area contributed by atoms with Gasteiger partial charge in [-0.3, -0.25) is 0 Å². The molecule has 0 aliphatic carbocycles. The van der Waals surface area contributed by atoms with Gasteiger partial charge in [-0.15, -0.1) is 10.2 Å². The van der Waals surface area contributed by atoms with Crippen LogP contribution < -0.4 is 0 Å². The summed E-state index contributed by atoms with van der Waals surface area (Å²) in [5.74, 6) is 0. The summed E-state index contributed by atoms with van der Waals surface area (Å²) in [6.45, 7) is 1.90. The fourth-order valence-electron chi connectivity index (χ4n) is 1.81. The van der Waals surface area contributed by atoms with Crippen LogP contribution in [0.2, 0.25) is 5.02 Å². The maximum atomic E-state index is 6.00. The van der Waals surface area contributed by atoms with Gasteiger partial charge in [-0.2, -0.15) is 5.10 Å². The number of aromatic nitrogens is 5. The van der Waals surface area contributed by atoms with Crippen molar-refractivity contribution in [3.8, 4) is 5.69 Å². The van der Waals surface area contributed by atoms with E-state index in [-0.39, 0.29) is 0 Å². The summed E-state index contributed by atoms with van der Waals surface area (Å²) in [7, 11) is 0. The molecule has 0 radical (unpaired) electrons. The number of aryl methyl sites for hydroxylation is 1. The van der Waals surface area contributed by atoms with Crippen LogP contribution in [0.15, 0.2) is 29.4 Å². The van der Waals surface area contributed by atoms with Crippen molar-refractivity contribution in [2.24, 2.45) is 0 Å². The molecule has 0 N–H and O–H groups in total. The highest BCUT2D eigenvalue weighted by atomic mass is 35.5. The molecule has 3 rings (SSSR count). The molecule has 0 atom stereocenters. The Labute approximate surface area is 119 Å². The largest absolute Gasteiger partial charge is 0.216 e. The van der Waals surface area contributed by atoms with Gasteiger partial charge in [0.25, 0.3) is 0 Å². The first-order valence-electron chi connectivity index (χ1n) is 5.59. The molecule has 0 saturated carbocycles. The Kier molecular flexibility index (Phi) is 3.12. The first-order valence-corrected chi connectivity index (χ1v) is 7.19. The van der Waals surface area contributed by atoms with E-state index in [0.29, 0.717) is 15.8 Å². The minimum atomic E-state index is 0.637. The topological polar surface area (TPSA) is 56.5 Å². The van der Waals surface area contributed by atoms with Crippen molar-refractivity contribution in [1.29, 1.82) is 0 Å². The Bertz CT molecular complexity index is 755. The molecule has 2 aromatic heterocycles. The second-order valence-corrected chi connectivity index (χ2v) is 5.16. The average Bonchev–Trinajstić information content (AvgIpc) is 2.76. The fraction of sp³-hybridized carbons (Fsp3) is 0.167. The molecule has 96 valence electrons. The molecular weight excluding hydrogens is 282 g/mol. The molecule has 0 saturated heterocycles. The van der Waals surface area contributed by atoms with Gasteiger partial charge in [0.1, 0.15) is 5.52 Å². The van der Waals surface area contributed by atoms with Crippen molar-refractivity contribution in [2.45, 2.75) is 12.1 Å². The average molecular weight is 292 g/mol. The van der Waals surface area contributed by atoms with Gasteiger partial charge >= 0.3 is 0 Å². The molecule has 0 bridgehead atoms. The number of benzene rings is 1. The third-order valence-electron chi connectivity index (χ3n) is 2.68. The minimum Gasteiger partial charge on any atom is -0.216 e. The number of halogens is 1. The lowest BCUT2D eigenvalue weighted by Crippen LogP contribution is -1.99. The third kappa shape index (κ3) is 2.17. The summed E-state index contributed by atoms with van der Waals surface area (Å²) in [5, 5.41) is 14.0. The summed E-state index contributed by atoms with van der Waals surface area (Å²) in [4.78, 5) is 4.43. The van der Waals surface area contributed by atoms with Crippen LogP contribution in [0.1, 0.15) is 5.69 Å². The van der Waals surface area contributed by atoms with Crippen LogP contribution in [-0.4, -0.2) is 31.2 Å². The highest BCUT2D eigenvalue weighted by Crippen LogP contribution is 2.21. The van der Waals surface area contributed by atoms with E-state index in [4.69, 9.17) is 11.6 Å². The van der Waals surface area contributed by atoms with Gasteiger partial charge in [0.15, 0.2) is 0 Å². The van der Waals surface area contributed by atoms with Crippen LogP contribution in [0, 0.1) is 6.92 Å². The zero-order chi connectivity index (χ0) is 13.4. The van der Waals surface area contributed by atoms with Crippen LogP contribution in [-0.2, 0) is 0 Å². The number of hydrogen-bond acceptors (Lipinski definition) is 5. The van der Waals surface area contributed by atoms with E-state index in [1.54, 1.807) is 4.68 Å². The molecule has 19 heavy (non-hydrogen) atoms. The molecular formula is C12H10ClN5S. The van der Waals surface area contributed by atoms with Gasteiger partial charge < -0.3 is 0 Å². The van der Waals surface area contributed by atoms with Gasteiger partial charge in [0.05, 0.1) is 11.4 Å². The fourth-order valence-corrected chi connectivity index (χ4v) is 2.30. The molecule has 0 spiro atoms. The lowest BCUT2D eigenvalue weighted by atomic mass is 10.3.